The van der Waals surface area contributed by atoms with Crippen LogP contribution in [0.2, 0.25) is 10.4 Å². The van der Waals surface area contributed by atoms with Crippen LogP contribution in [0.4, 0.5) is 5.82 Å². The SMILES string of the molecule is COC(=O)CCCS(=O)(=O)Nc1cc(Cl)nc(Cl)n1. The Hall–Kier alpha value is -1.12. The topological polar surface area (TPSA) is 98.2 Å². The fourth-order valence-corrected chi connectivity index (χ4v) is 2.62. The highest BCUT2D eigenvalue weighted by molar-refractivity contribution is 7.92. The molecule has 0 aliphatic carbocycles. The van der Waals surface area contributed by atoms with Gasteiger partial charge in [0.15, 0.2) is 0 Å². The number of rotatable bonds is 6. The third kappa shape index (κ3) is 6.04. The summed E-state index contributed by atoms with van der Waals surface area (Å²) in [5, 5.41) is -0.146. The monoisotopic (exact) mass is 327 g/mol. The largest absolute Gasteiger partial charge is 0.469 e. The van der Waals surface area contributed by atoms with Gasteiger partial charge in [-0.15, -0.1) is 0 Å². The number of anilines is 1. The third-order valence-corrected chi connectivity index (χ3v) is 3.66. The first kappa shape index (κ1) is 15.9. The molecule has 1 heterocycles. The van der Waals surface area contributed by atoms with E-state index < -0.39 is 16.0 Å². The van der Waals surface area contributed by atoms with Crippen molar-refractivity contribution >= 4 is 45.0 Å². The molecule has 0 saturated heterocycles. The van der Waals surface area contributed by atoms with Crippen molar-refractivity contribution in [3.63, 3.8) is 0 Å². The molecule has 1 N–H and O–H groups in total. The summed E-state index contributed by atoms with van der Waals surface area (Å²) in [6.45, 7) is 0. The first-order chi connectivity index (χ1) is 8.82. The Morgan fingerprint density at radius 2 is 2.11 bits per heavy atom. The zero-order chi connectivity index (χ0) is 14.5. The van der Waals surface area contributed by atoms with Gasteiger partial charge in [0, 0.05) is 12.5 Å². The molecule has 0 unspecified atom stereocenters. The van der Waals surface area contributed by atoms with Crippen LogP contribution in [0, 0.1) is 0 Å². The van der Waals surface area contributed by atoms with Gasteiger partial charge in [-0.25, -0.2) is 13.4 Å². The molecule has 0 fully saturated rings. The molecule has 0 radical (unpaired) electrons. The van der Waals surface area contributed by atoms with Crippen LogP contribution >= 0.6 is 23.2 Å². The van der Waals surface area contributed by atoms with Crippen LogP contribution in [-0.2, 0) is 19.6 Å². The number of carbonyl (C=O) groups is 1. The molecular formula is C9H11Cl2N3O4S. The molecule has 10 heteroatoms. The van der Waals surface area contributed by atoms with Gasteiger partial charge in [0.1, 0.15) is 11.0 Å². The van der Waals surface area contributed by atoms with E-state index in [0.29, 0.717) is 0 Å². The van der Waals surface area contributed by atoms with Gasteiger partial charge >= 0.3 is 5.97 Å². The molecule has 0 aliphatic heterocycles. The molecule has 0 aliphatic rings. The Morgan fingerprint density at radius 1 is 1.42 bits per heavy atom. The van der Waals surface area contributed by atoms with Crippen molar-refractivity contribution in [3.05, 3.63) is 16.5 Å². The van der Waals surface area contributed by atoms with Gasteiger partial charge in [-0.05, 0) is 18.0 Å². The predicted molar refractivity (Wildman–Crippen MR) is 70.7 cm³/mol. The number of aromatic nitrogens is 2. The van der Waals surface area contributed by atoms with E-state index in [2.05, 4.69) is 19.4 Å². The van der Waals surface area contributed by atoms with E-state index in [1.807, 2.05) is 0 Å². The van der Waals surface area contributed by atoms with Crippen LogP contribution in [0.3, 0.4) is 0 Å². The van der Waals surface area contributed by atoms with Crippen LogP contribution in [-0.4, -0.2) is 37.2 Å². The lowest BCUT2D eigenvalue weighted by Gasteiger charge is -2.07. The number of nitrogens with one attached hydrogen (secondary N) is 1. The lowest BCUT2D eigenvalue weighted by atomic mass is 10.3. The lowest BCUT2D eigenvalue weighted by molar-refractivity contribution is -0.140. The smallest absolute Gasteiger partial charge is 0.305 e. The summed E-state index contributed by atoms with van der Waals surface area (Å²) < 4.78 is 30.0. The van der Waals surface area contributed by atoms with E-state index in [-0.39, 0.29) is 34.8 Å². The Kier molecular flexibility index (Phi) is 5.77. The van der Waals surface area contributed by atoms with Gasteiger partial charge in [0.25, 0.3) is 0 Å². The van der Waals surface area contributed by atoms with Gasteiger partial charge in [0.05, 0.1) is 12.9 Å². The minimum atomic E-state index is -3.64. The Labute approximate surface area is 120 Å². The highest BCUT2D eigenvalue weighted by Gasteiger charge is 2.13. The molecule has 7 nitrogen and oxygen atoms in total. The number of hydrogen-bond acceptors (Lipinski definition) is 6. The maximum Gasteiger partial charge on any atom is 0.305 e. The molecule has 0 amide bonds. The number of hydrogen-bond donors (Lipinski definition) is 1. The van der Waals surface area contributed by atoms with E-state index in [0.717, 1.165) is 0 Å². The molecule has 106 valence electrons. The summed E-state index contributed by atoms with van der Waals surface area (Å²) in [7, 11) is -2.40. The molecule has 0 saturated carbocycles. The van der Waals surface area contributed by atoms with Gasteiger partial charge in [-0.3, -0.25) is 9.52 Å². The lowest BCUT2D eigenvalue weighted by Crippen LogP contribution is -2.18. The Morgan fingerprint density at radius 3 is 2.68 bits per heavy atom. The molecule has 1 rings (SSSR count). The van der Waals surface area contributed by atoms with Crippen LogP contribution in [0.1, 0.15) is 12.8 Å². The zero-order valence-electron chi connectivity index (χ0n) is 9.89. The molecule has 0 atom stereocenters. The van der Waals surface area contributed by atoms with Crippen molar-refractivity contribution in [2.24, 2.45) is 0 Å². The summed E-state index contributed by atoms with van der Waals surface area (Å²) in [6.07, 6.45) is 0.150. The predicted octanol–water partition coefficient (Wildman–Crippen LogP) is 1.48. The average molecular weight is 328 g/mol. The van der Waals surface area contributed by atoms with Crippen molar-refractivity contribution in [2.45, 2.75) is 12.8 Å². The zero-order valence-corrected chi connectivity index (χ0v) is 12.2. The molecular weight excluding hydrogens is 317 g/mol. The second-order valence-corrected chi connectivity index (χ2v) is 6.01. The van der Waals surface area contributed by atoms with Crippen LogP contribution in [0.5, 0.6) is 0 Å². The molecule has 0 aromatic carbocycles. The van der Waals surface area contributed by atoms with Gasteiger partial charge in [0.2, 0.25) is 15.3 Å². The highest BCUT2D eigenvalue weighted by atomic mass is 35.5. The van der Waals surface area contributed by atoms with Crippen LogP contribution in [0.15, 0.2) is 6.07 Å². The van der Waals surface area contributed by atoms with E-state index in [4.69, 9.17) is 23.2 Å². The van der Waals surface area contributed by atoms with Crippen molar-refractivity contribution in [3.8, 4) is 0 Å². The summed E-state index contributed by atoms with van der Waals surface area (Å²) in [4.78, 5) is 18.1. The second kappa shape index (κ2) is 6.88. The number of nitrogens with zero attached hydrogens (tertiary/aromatic N) is 2. The highest BCUT2D eigenvalue weighted by Crippen LogP contribution is 2.15. The molecule has 0 spiro atoms. The summed E-state index contributed by atoms with van der Waals surface area (Å²) >= 11 is 11.2. The number of halogens is 2. The summed E-state index contributed by atoms with van der Waals surface area (Å²) in [5.41, 5.74) is 0. The average Bonchev–Trinajstić information content (AvgIpc) is 2.26. The number of sulfonamides is 1. The normalized spacial score (nSPS) is 11.1. The Balaban J connectivity index is 2.61. The Bertz CT molecular complexity index is 544. The fraction of sp³-hybridized carbons (Fsp3) is 0.444. The molecule has 19 heavy (non-hydrogen) atoms. The number of esters is 1. The third-order valence-electron chi connectivity index (χ3n) is 1.95. The van der Waals surface area contributed by atoms with E-state index in [1.165, 1.54) is 13.2 Å². The summed E-state index contributed by atoms with van der Waals surface area (Å²) in [5.74, 6) is -0.743. The molecule has 1 aromatic heterocycles. The molecule has 1 aromatic rings. The first-order valence-electron chi connectivity index (χ1n) is 5.10. The quantitative estimate of drug-likeness (QED) is 0.482. The first-order valence-corrected chi connectivity index (χ1v) is 7.50. The van der Waals surface area contributed by atoms with Gasteiger partial charge in [-0.2, -0.15) is 4.98 Å². The second-order valence-electron chi connectivity index (χ2n) is 3.45. The minimum absolute atomic E-state index is 0.0166. The van der Waals surface area contributed by atoms with E-state index in [9.17, 15) is 13.2 Å². The van der Waals surface area contributed by atoms with Crippen molar-refractivity contribution in [1.29, 1.82) is 0 Å². The standard InChI is InChI=1S/C9H11Cl2N3O4S/c1-18-8(15)3-2-4-19(16,17)14-7-5-6(10)12-9(11)13-7/h5H,2-4H2,1H3,(H,12,13,14). The van der Waals surface area contributed by atoms with Crippen LogP contribution in [0.25, 0.3) is 0 Å². The number of ether oxygens (including phenoxy) is 1. The minimum Gasteiger partial charge on any atom is -0.469 e. The molecule has 0 bridgehead atoms. The van der Waals surface area contributed by atoms with Gasteiger partial charge in [-0.1, -0.05) is 11.6 Å². The maximum atomic E-state index is 11.7. The van der Waals surface area contributed by atoms with Gasteiger partial charge < -0.3 is 4.74 Å². The summed E-state index contributed by atoms with van der Waals surface area (Å²) in [6, 6.07) is 1.23. The van der Waals surface area contributed by atoms with Crippen molar-refractivity contribution in [2.75, 3.05) is 17.6 Å². The van der Waals surface area contributed by atoms with Crippen molar-refractivity contribution < 1.29 is 17.9 Å². The number of carbonyl (C=O) groups excluding carboxylic acids is 1. The van der Waals surface area contributed by atoms with Crippen molar-refractivity contribution in [1.82, 2.24) is 9.97 Å². The van der Waals surface area contributed by atoms with E-state index >= 15 is 0 Å². The maximum absolute atomic E-state index is 11.7. The number of methoxy groups -OCH3 is 1. The van der Waals surface area contributed by atoms with E-state index in [1.54, 1.807) is 0 Å². The fourth-order valence-electron chi connectivity index (χ4n) is 1.16. The van der Waals surface area contributed by atoms with Crippen LogP contribution < -0.4 is 4.72 Å².